The van der Waals surface area contributed by atoms with Crippen LogP contribution < -0.4 is 5.32 Å². The molecule has 9 heteroatoms. The molecule has 1 N–H and O–H groups in total. The standard InChI is InChI=1S/C18H14N2O5S2/c1-24-17(22)10-6-11(18(23)25-2)8-12(7-10)19-15(21)13-9-27-16(20-13)14-4-3-5-26-14/h3-9H,1-2H3,(H,19,21). The maximum absolute atomic E-state index is 12.5. The van der Waals surface area contributed by atoms with Crippen LogP contribution in [0.4, 0.5) is 5.69 Å². The number of thiophene rings is 1. The van der Waals surface area contributed by atoms with Gasteiger partial charge in [0.1, 0.15) is 10.7 Å². The van der Waals surface area contributed by atoms with E-state index in [0.29, 0.717) is 0 Å². The Morgan fingerprint density at radius 1 is 1.00 bits per heavy atom. The number of nitrogens with zero attached hydrogens (tertiary/aromatic N) is 1. The topological polar surface area (TPSA) is 94.6 Å². The van der Waals surface area contributed by atoms with Crippen LogP contribution in [0.25, 0.3) is 9.88 Å². The Morgan fingerprint density at radius 2 is 1.67 bits per heavy atom. The van der Waals surface area contributed by atoms with Gasteiger partial charge in [-0.05, 0) is 29.6 Å². The minimum Gasteiger partial charge on any atom is -0.465 e. The van der Waals surface area contributed by atoms with Crippen molar-refractivity contribution in [3.8, 4) is 9.88 Å². The molecule has 138 valence electrons. The molecular formula is C18H14N2O5S2. The van der Waals surface area contributed by atoms with Gasteiger partial charge in [0, 0.05) is 11.1 Å². The fourth-order valence-electron chi connectivity index (χ4n) is 2.26. The molecule has 2 heterocycles. The van der Waals surface area contributed by atoms with Crippen LogP contribution in [0.3, 0.4) is 0 Å². The number of rotatable bonds is 5. The molecule has 0 aliphatic heterocycles. The summed E-state index contributed by atoms with van der Waals surface area (Å²) in [6.07, 6.45) is 0. The van der Waals surface area contributed by atoms with Crippen molar-refractivity contribution in [2.45, 2.75) is 0 Å². The first kappa shape index (κ1) is 18.7. The summed E-state index contributed by atoms with van der Waals surface area (Å²) in [4.78, 5) is 41.4. The van der Waals surface area contributed by atoms with Gasteiger partial charge >= 0.3 is 11.9 Å². The highest BCUT2D eigenvalue weighted by atomic mass is 32.1. The molecule has 0 aliphatic carbocycles. The number of benzene rings is 1. The van der Waals surface area contributed by atoms with Crippen LogP contribution in [0.1, 0.15) is 31.2 Å². The van der Waals surface area contributed by atoms with E-state index < -0.39 is 17.8 Å². The van der Waals surface area contributed by atoms with Gasteiger partial charge < -0.3 is 14.8 Å². The third kappa shape index (κ3) is 4.21. The van der Waals surface area contributed by atoms with E-state index in [2.05, 4.69) is 19.8 Å². The Kier molecular flexibility index (Phi) is 5.63. The molecule has 0 unspecified atom stereocenters. The molecule has 0 saturated carbocycles. The summed E-state index contributed by atoms with van der Waals surface area (Å²) in [5.74, 6) is -1.72. The summed E-state index contributed by atoms with van der Waals surface area (Å²) in [5.41, 5.74) is 0.738. The van der Waals surface area contributed by atoms with Crippen molar-refractivity contribution in [2.75, 3.05) is 19.5 Å². The van der Waals surface area contributed by atoms with E-state index in [1.54, 1.807) is 5.38 Å². The predicted molar refractivity (Wildman–Crippen MR) is 103 cm³/mol. The Bertz CT molecular complexity index is 961. The van der Waals surface area contributed by atoms with Gasteiger partial charge in [-0.25, -0.2) is 14.6 Å². The minimum atomic E-state index is -0.634. The summed E-state index contributed by atoms with van der Waals surface area (Å²) in [6.45, 7) is 0. The molecule has 0 aliphatic rings. The van der Waals surface area contributed by atoms with Crippen molar-refractivity contribution < 1.29 is 23.9 Å². The second-order valence-corrected chi connectivity index (χ2v) is 7.06. The van der Waals surface area contributed by atoms with Crippen molar-refractivity contribution >= 4 is 46.2 Å². The number of thiazole rings is 1. The van der Waals surface area contributed by atoms with Crippen LogP contribution in [0.15, 0.2) is 41.1 Å². The molecule has 7 nitrogen and oxygen atoms in total. The molecule has 0 spiro atoms. The number of anilines is 1. The zero-order valence-corrected chi connectivity index (χ0v) is 16.0. The number of hydrogen-bond donors (Lipinski definition) is 1. The SMILES string of the molecule is COC(=O)c1cc(NC(=O)c2csc(-c3cccs3)n2)cc(C(=O)OC)c1. The highest BCUT2D eigenvalue weighted by Gasteiger charge is 2.17. The Morgan fingerprint density at radius 3 is 2.22 bits per heavy atom. The molecular weight excluding hydrogens is 388 g/mol. The van der Waals surface area contributed by atoms with E-state index in [1.165, 1.54) is 55.1 Å². The van der Waals surface area contributed by atoms with Gasteiger partial charge in [0.25, 0.3) is 5.91 Å². The summed E-state index contributed by atoms with van der Waals surface area (Å²) >= 11 is 2.89. The molecule has 0 fully saturated rings. The van der Waals surface area contributed by atoms with Gasteiger partial charge in [-0.3, -0.25) is 4.79 Å². The van der Waals surface area contributed by atoms with Gasteiger partial charge in [0.2, 0.25) is 0 Å². The Balaban J connectivity index is 1.86. The van der Waals surface area contributed by atoms with Crippen molar-refractivity contribution in [1.29, 1.82) is 0 Å². The molecule has 1 aromatic carbocycles. The number of hydrogen-bond acceptors (Lipinski definition) is 8. The maximum atomic E-state index is 12.5. The zero-order valence-electron chi connectivity index (χ0n) is 14.3. The molecule has 0 atom stereocenters. The number of amides is 1. The van der Waals surface area contributed by atoms with Crippen LogP contribution >= 0.6 is 22.7 Å². The summed E-state index contributed by atoms with van der Waals surface area (Å²) in [5, 5.41) is 6.98. The van der Waals surface area contributed by atoms with Gasteiger partial charge in [0.05, 0.1) is 30.2 Å². The summed E-state index contributed by atoms with van der Waals surface area (Å²) in [6, 6.07) is 8.01. The third-order valence-electron chi connectivity index (χ3n) is 3.50. The van der Waals surface area contributed by atoms with E-state index in [1.807, 2.05) is 17.5 Å². The van der Waals surface area contributed by atoms with Crippen LogP contribution in [-0.2, 0) is 9.47 Å². The second kappa shape index (κ2) is 8.11. The maximum Gasteiger partial charge on any atom is 0.337 e. The molecule has 3 rings (SSSR count). The molecule has 0 saturated heterocycles. The van der Waals surface area contributed by atoms with Gasteiger partial charge in [-0.1, -0.05) is 6.07 Å². The lowest BCUT2D eigenvalue weighted by Crippen LogP contribution is -2.14. The number of carbonyl (C=O) groups excluding carboxylic acids is 3. The van der Waals surface area contributed by atoms with Gasteiger partial charge in [0.15, 0.2) is 0 Å². The van der Waals surface area contributed by atoms with E-state index in [0.717, 1.165) is 9.88 Å². The molecule has 27 heavy (non-hydrogen) atoms. The van der Waals surface area contributed by atoms with E-state index in [9.17, 15) is 14.4 Å². The van der Waals surface area contributed by atoms with Crippen molar-refractivity contribution in [3.63, 3.8) is 0 Å². The average molecular weight is 402 g/mol. The number of esters is 2. The monoisotopic (exact) mass is 402 g/mol. The lowest BCUT2D eigenvalue weighted by atomic mass is 10.1. The number of nitrogens with one attached hydrogen (secondary N) is 1. The normalized spacial score (nSPS) is 10.3. The molecule has 0 radical (unpaired) electrons. The first-order chi connectivity index (χ1) is 13.0. The smallest absolute Gasteiger partial charge is 0.337 e. The van der Waals surface area contributed by atoms with Crippen LogP contribution in [0.5, 0.6) is 0 Å². The number of methoxy groups -OCH3 is 2. The Labute approximate surface area is 162 Å². The molecule has 1 amide bonds. The van der Waals surface area contributed by atoms with Crippen LogP contribution in [-0.4, -0.2) is 37.0 Å². The lowest BCUT2D eigenvalue weighted by Gasteiger charge is -2.08. The molecule has 2 aromatic heterocycles. The van der Waals surface area contributed by atoms with E-state index in [4.69, 9.17) is 0 Å². The molecule has 3 aromatic rings. The minimum absolute atomic E-state index is 0.119. The first-order valence-electron chi connectivity index (χ1n) is 7.64. The first-order valence-corrected chi connectivity index (χ1v) is 9.40. The summed E-state index contributed by atoms with van der Waals surface area (Å²) < 4.78 is 9.36. The van der Waals surface area contributed by atoms with Gasteiger partial charge in [-0.15, -0.1) is 22.7 Å². The highest BCUT2D eigenvalue weighted by Crippen LogP contribution is 2.28. The predicted octanol–water partition coefficient (Wildman–Crippen LogP) is 3.70. The van der Waals surface area contributed by atoms with Crippen LogP contribution in [0.2, 0.25) is 0 Å². The zero-order chi connectivity index (χ0) is 19.4. The number of ether oxygens (including phenoxy) is 2. The quantitative estimate of drug-likeness (QED) is 0.654. The van der Waals surface area contributed by atoms with E-state index in [-0.39, 0.29) is 22.5 Å². The second-order valence-electron chi connectivity index (χ2n) is 5.25. The number of aromatic nitrogens is 1. The Hall–Kier alpha value is -3.04. The van der Waals surface area contributed by atoms with Crippen molar-refractivity contribution in [2.24, 2.45) is 0 Å². The summed E-state index contributed by atoms with van der Waals surface area (Å²) in [7, 11) is 2.46. The van der Waals surface area contributed by atoms with Crippen LogP contribution in [0, 0.1) is 0 Å². The average Bonchev–Trinajstić information content (AvgIpc) is 3.37. The highest BCUT2D eigenvalue weighted by molar-refractivity contribution is 7.20. The lowest BCUT2D eigenvalue weighted by molar-refractivity contribution is 0.0599. The number of carbonyl (C=O) groups is 3. The van der Waals surface area contributed by atoms with Crippen molar-refractivity contribution in [3.05, 3.63) is 57.9 Å². The fourth-order valence-corrected chi connectivity index (χ4v) is 3.87. The third-order valence-corrected chi connectivity index (χ3v) is 5.38. The largest absolute Gasteiger partial charge is 0.465 e. The van der Waals surface area contributed by atoms with Gasteiger partial charge in [-0.2, -0.15) is 0 Å². The fraction of sp³-hybridized carbons (Fsp3) is 0.111. The van der Waals surface area contributed by atoms with Crippen molar-refractivity contribution in [1.82, 2.24) is 4.98 Å². The van der Waals surface area contributed by atoms with E-state index >= 15 is 0 Å². The molecule has 0 bridgehead atoms.